The van der Waals surface area contributed by atoms with E-state index in [0.717, 1.165) is 5.92 Å². The highest BCUT2D eigenvalue weighted by Gasteiger charge is 2.36. The van der Waals surface area contributed by atoms with Crippen molar-refractivity contribution in [1.82, 2.24) is 0 Å². The molecule has 15 heavy (non-hydrogen) atoms. The summed E-state index contributed by atoms with van der Waals surface area (Å²) in [6.45, 7) is 4.77. The van der Waals surface area contributed by atoms with E-state index in [4.69, 9.17) is 0 Å². The topological polar surface area (TPSA) is 0 Å². The Hall–Kier alpha value is -0.780. The monoisotopic (exact) mass is 202 g/mol. The van der Waals surface area contributed by atoms with Crippen LogP contribution >= 0.6 is 0 Å². The molecule has 0 amide bonds. The molecule has 82 valence electrons. The second kappa shape index (κ2) is 4.38. The van der Waals surface area contributed by atoms with E-state index in [0.29, 0.717) is 5.41 Å². The highest BCUT2D eigenvalue weighted by molar-refractivity contribution is 5.26. The highest BCUT2D eigenvalue weighted by Crippen LogP contribution is 2.44. The normalized spacial score (nSPS) is 20.5. The average molecular weight is 202 g/mol. The Labute approximate surface area is 93.7 Å². The Bertz CT molecular complexity index is 291. The van der Waals surface area contributed by atoms with Gasteiger partial charge in [-0.3, -0.25) is 0 Å². The van der Waals surface area contributed by atoms with Crippen molar-refractivity contribution in [2.45, 2.75) is 51.4 Å². The summed E-state index contributed by atoms with van der Waals surface area (Å²) in [4.78, 5) is 0. The molecule has 1 aliphatic carbocycles. The van der Waals surface area contributed by atoms with Gasteiger partial charge in [-0.1, -0.05) is 63.4 Å². The van der Waals surface area contributed by atoms with Crippen molar-refractivity contribution >= 4 is 0 Å². The van der Waals surface area contributed by atoms with Crippen molar-refractivity contribution in [3.8, 4) is 0 Å². The van der Waals surface area contributed by atoms with Crippen molar-refractivity contribution in [2.75, 3.05) is 0 Å². The molecule has 1 aromatic carbocycles. The van der Waals surface area contributed by atoms with Crippen molar-refractivity contribution in [3.63, 3.8) is 0 Å². The van der Waals surface area contributed by atoms with Crippen LogP contribution in [-0.4, -0.2) is 0 Å². The maximum atomic E-state index is 2.39. The second-order valence-electron chi connectivity index (χ2n) is 5.24. The van der Waals surface area contributed by atoms with E-state index in [1.54, 1.807) is 5.56 Å². The first kappa shape index (κ1) is 10.7. The fourth-order valence-corrected chi connectivity index (χ4v) is 3.15. The van der Waals surface area contributed by atoms with E-state index in [-0.39, 0.29) is 0 Å². The van der Waals surface area contributed by atoms with E-state index in [9.17, 15) is 0 Å². The lowest BCUT2D eigenvalue weighted by Gasteiger charge is -2.41. The average Bonchev–Trinajstić information content (AvgIpc) is 2.31. The summed E-state index contributed by atoms with van der Waals surface area (Å²) in [5.41, 5.74) is 2.04. The molecule has 0 bridgehead atoms. The molecule has 1 aliphatic rings. The zero-order valence-electron chi connectivity index (χ0n) is 10.00. The van der Waals surface area contributed by atoms with Crippen molar-refractivity contribution < 1.29 is 0 Å². The number of hydrogen-bond donors (Lipinski definition) is 0. The predicted octanol–water partition coefficient (Wildman–Crippen LogP) is 4.54. The van der Waals surface area contributed by atoms with Crippen molar-refractivity contribution in [1.29, 1.82) is 0 Å². The standard InChI is InChI=1S/C15H22/c1-13(2)15(11-7-4-8-12-15)14-9-5-3-6-10-14/h3,5-6,9-10,13H,4,7-8,11-12H2,1-2H3. The number of hydrogen-bond acceptors (Lipinski definition) is 0. The molecular formula is C15H22. The van der Waals surface area contributed by atoms with E-state index < -0.39 is 0 Å². The largest absolute Gasteiger partial charge is 0.0622 e. The van der Waals surface area contributed by atoms with Gasteiger partial charge in [0.05, 0.1) is 0 Å². The van der Waals surface area contributed by atoms with Gasteiger partial charge in [0.2, 0.25) is 0 Å². The van der Waals surface area contributed by atoms with Gasteiger partial charge in [-0.15, -0.1) is 0 Å². The van der Waals surface area contributed by atoms with Crippen molar-refractivity contribution in [2.24, 2.45) is 5.92 Å². The van der Waals surface area contributed by atoms with Gasteiger partial charge < -0.3 is 0 Å². The van der Waals surface area contributed by atoms with Gasteiger partial charge in [0.15, 0.2) is 0 Å². The van der Waals surface area contributed by atoms with Crippen LogP contribution in [0.15, 0.2) is 30.3 Å². The summed E-state index contributed by atoms with van der Waals surface area (Å²) < 4.78 is 0. The summed E-state index contributed by atoms with van der Waals surface area (Å²) in [5.74, 6) is 0.764. The molecule has 0 atom stereocenters. The van der Waals surface area contributed by atoms with Gasteiger partial charge in [0, 0.05) is 0 Å². The van der Waals surface area contributed by atoms with Crippen LogP contribution in [0.4, 0.5) is 0 Å². The first-order valence-corrected chi connectivity index (χ1v) is 6.31. The molecule has 0 N–H and O–H groups in total. The van der Waals surface area contributed by atoms with E-state index in [1.165, 1.54) is 32.1 Å². The molecule has 0 unspecified atom stereocenters. The first-order valence-electron chi connectivity index (χ1n) is 6.31. The maximum Gasteiger partial charge on any atom is -0.00240 e. The third kappa shape index (κ3) is 1.95. The van der Waals surface area contributed by atoms with Crippen LogP contribution in [0.3, 0.4) is 0 Å². The summed E-state index contributed by atoms with van der Waals surface area (Å²) in [5, 5.41) is 0. The molecule has 0 radical (unpaired) electrons. The minimum atomic E-state index is 0.472. The lowest BCUT2D eigenvalue weighted by atomic mass is 9.63. The van der Waals surface area contributed by atoms with Crippen LogP contribution in [-0.2, 0) is 5.41 Å². The molecule has 0 heteroatoms. The number of benzene rings is 1. The molecule has 0 heterocycles. The highest BCUT2D eigenvalue weighted by atomic mass is 14.4. The van der Waals surface area contributed by atoms with Crippen LogP contribution in [0.2, 0.25) is 0 Å². The van der Waals surface area contributed by atoms with Crippen LogP contribution in [0.1, 0.15) is 51.5 Å². The Morgan fingerprint density at radius 3 is 2.07 bits per heavy atom. The van der Waals surface area contributed by atoms with Crippen LogP contribution in [0.25, 0.3) is 0 Å². The van der Waals surface area contributed by atoms with Gasteiger partial charge in [0.25, 0.3) is 0 Å². The zero-order valence-corrected chi connectivity index (χ0v) is 10.00. The summed E-state index contributed by atoms with van der Waals surface area (Å²) in [7, 11) is 0. The fourth-order valence-electron chi connectivity index (χ4n) is 3.15. The van der Waals surface area contributed by atoms with Crippen molar-refractivity contribution in [3.05, 3.63) is 35.9 Å². The minimum absolute atomic E-state index is 0.472. The molecule has 1 saturated carbocycles. The molecule has 2 rings (SSSR count). The van der Waals surface area contributed by atoms with E-state index >= 15 is 0 Å². The molecule has 0 aliphatic heterocycles. The lowest BCUT2D eigenvalue weighted by Crippen LogP contribution is -2.34. The summed E-state index contributed by atoms with van der Waals surface area (Å²) in [6, 6.07) is 11.2. The Kier molecular flexibility index (Phi) is 3.14. The molecule has 0 saturated heterocycles. The minimum Gasteiger partial charge on any atom is -0.0622 e. The molecule has 1 fully saturated rings. The van der Waals surface area contributed by atoms with Gasteiger partial charge in [0.1, 0.15) is 0 Å². The quantitative estimate of drug-likeness (QED) is 0.660. The lowest BCUT2D eigenvalue weighted by molar-refractivity contribution is 0.216. The van der Waals surface area contributed by atoms with Crippen LogP contribution in [0, 0.1) is 5.92 Å². The Morgan fingerprint density at radius 2 is 1.53 bits per heavy atom. The van der Waals surface area contributed by atoms with E-state index in [2.05, 4.69) is 44.2 Å². The zero-order chi connectivity index (χ0) is 10.7. The molecule has 0 aromatic heterocycles. The maximum absolute atomic E-state index is 2.39. The van der Waals surface area contributed by atoms with E-state index in [1.807, 2.05) is 0 Å². The molecule has 0 spiro atoms. The first-order chi connectivity index (χ1) is 7.26. The summed E-state index contributed by atoms with van der Waals surface area (Å²) >= 11 is 0. The van der Waals surface area contributed by atoms with Gasteiger partial charge in [-0.2, -0.15) is 0 Å². The van der Waals surface area contributed by atoms with Gasteiger partial charge in [-0.25, -0.2) is 0 Å². The summed E-state index contributed by atoms with van der Waals surface area (Å²) in [6.07, 6.45) is 7.02. The number of rotatable bonds is 2. The van der Waals surface area contributed by atoms with Crippen LogP contribution in [0.5, 0.6) is 0 Å². The van der Waals surface area contributed by atoms with Crippen LogP contribution < -0.4 is 0 Å². The van der Waals surface area contributed by atoms with Gasteiger partial charge in [-0.05, 0) is 29.7 Å². The molecular weight excluding hydrogens is 180 g/mol. The molecule has 0 nitrogen and oxygen atoms in total. The second-order valence-corrected chi connectivity index (χ2v) is 5.24. The SMILES string of the molecule is CC(C)C1(c2ccccc2)CCCCC1. The third-order valence-electron chi connectivity index (χ3n) is 4.20. The van der Waals surface area contributed by atoms with Gasteiger partial charge >= 0.3 is 0 Å². The fraction of sp³-hybridized carbons (Fsp3) is 0.600. The third-order valence-corrected chi connectivity index (χ3v) is 4.20. The predicted molar refractivity (Wildman–Crippen MR) is 66.0 cm³/mol. The Morgan fingerprint density at radius 1 is 0.933 bits per heavy atom. The molecule has 1 aromatic rings. The Balaban J connectivity index is 2.34. The smallest absolute Gasteiger partial charge is 0.00240 e.